The average Bonchev–Trinajstić information content (AvgIpc) is 3.45. The van der Waals surface area contributed by atoms with Gasteiger partial charge in [-0.25, -0.2) is 4.79 Å². The van der Waals surface area contributed by atoms with Crippen LogP contribution in [0.25, 0.3) is 5.00 Å². The molecule has 1 unspecified atom stereocenters. The van der Waals surface area contributed by atoms with Crippen LogP contribution >= 0.6 is 11.3 Å². The fourth-order valence-electron chi connectivity index (χ4n) is 5.56. The van der Waals surface area contributed by atoms with Crippen molar-refractivity contribution in [3.8, 4) is 5.00 Å². The molecule has 178 valence electrons. The monoisotopic (exact) mass is 481 g/mol. The molecular weight excluding hydrogens is 450 g/mol. The minimum absolute atomic E-state index is 0.0200. The molecule has 1 aliphatic heterocycles. The normalized spacial score (nSPS) is 16.7. The number of nitrogens with zero attached hydrogens (tertiary/aromatic N) is 2. The van der Waals surface area contributed by atoms with Gasteiger partial charge in [0.25, 0.3) is 0 Å². The first-order chi connectivity index (χ1) is 17.1. The number of hydrogen-bond acceptors (Lipinski definition) is 2. The van der Waals surface area contributed by atoms with E-state index >= 15 is 0 Å². The predicted molar refractivity (Wildman–Crippen MR) is 142 cm³/mol. The van der Waals surface area contributed by atoms with Crippen LogP contribution in [-0.2, 0) is 25.9 Å². The standard InChI is InChI=1S/C30H31N3OS/c1-20-12-14-22(15-13-20)18-31-30(34)33-19-25-24-9-3-4-11-27(24)35-29(25)32-16-6-10-26(32)28(33)23-8-5-7-21(2)17-23/h5-8,10,12-17,28H,3-4,9,11,18-19H2,1-2H3,(H,31,34). The third-order valence-corrected chi connectivity index (χ3v) is 8.70. The van der Waals surface area contributed by atoms with Gasteiger partial charge in [-0.1, -0.05) is 59.7 Å². The summed E-state index contributed by atoms with van der Waals surface area (Å²) in [6.07, 6.45) is 6.94. The van der Waals surface area contributed by atoms with Crippen molar-refractivity contribution in [2.75, 3.05) is 0 Å². The molecule has 2 aliphatic rings. The molecule has 1 atom stereocenters. The molecule has 5 heteroatoms. The van der Waals surface area contributed by atoms with E-state index in [4.69, 9.17) is 0 Å². The van der Waals surface area contributed by atoms with Gasteiger partial charge in [-0.2, -0.15) is 0 Å². The highest BCUT2D eigenvalue weighted by atomic mass is 32.1. The van der Waals surface area contributed by atoms with E-state index in [-0.39, 0.29) is 12.1 Å². The van der Waals surface area contributed by atoms with Crippen LogP contribution in [-0.4, -0.2) is 15.5 Å². The number of benzene rings is 2. The van der Waals surface area contributed by atoms with Gasteiger partial charge >= 0.3 is 6.03 Å². The fourth-order valence-corrected chi connectivity index (χ4v) is 6.97. The quantitative estimate of drug-likeness (QED) is 0.341. The summed E-state index contributed by atoms with van der Waals surface area (Å²) in [6, 6.07) is 21.1. The summed E-state index contributed by atoms with van der Waals surface area (Å²) >= 11 is 1.93. The summed E-state index contributed by atoms with van der Waals surface area (Å²) in [7, 11) is 0. The highest BCUT2D eigenvalue weighted by molar-refractivity contribution is 7.15. The van der Waals surface area contributed by atoms with E-state index < -0.39 is 0 Å². The summed E-state index contributed by atoms with van der Waals surface area (Å²) in [6.45, 7) is 5.35. The molecule has 0 fully saturated rings. The molecule has 3 heterocycles. The zero-order chi connectivity index (χ0) is 23.9. The molecule has 4 aromatic rings. The highest BCUT2D eigenvalue weighted by Crippen LogP contribution is 2.44. The first kappa shape index (κ1) is 22.2. The number of urea groups is 1. The maximum Gasteiger partial charge on any atom is 0.318 e. The lowest BCUT2D eigenvalue weighted by Gasteiger charge is -2.31. The number of carbonyl (C=O) groups is 1. The van der Waals surface area contributed by atoms with E-state index in [2.05, 4.69) is 95.5 Å². The summed E-state index contributed by atoms with van der Waals surface area (Å²) in [5.41, 5.74) is 8.67. The van der Waals surface area contributed by atoms with Crippen LogP contribution in [0, 0.1) is 13.8 Å². The van der Waals surface area contributed by atoms with Crippen LogP contribution in [0.4, 0.5) is 4.79 Å². The molecule has 6 rings (SSSR count). The Bertz CT molecular complexity index is 1380. The molecule has 2 aromatic heterocycles. The number of fused-ring (bicyclic) bond motifs is 5. The van der Waals surface area contributed by atoms with Crippen molar-refractivity contribution in [3.63, 3.8) is 0 Å². The largest absolute Gasteiger partial charge is 0.334 e. The number of thiophene rings is 1. The topological polar surface area (TPSA) is 37.3 Å². The molecule has 2 amide bonds. The zero-order valence-corrected chi connectivity index (χ0v) is 21.2. The van der Waals surface area contributed by atoms with Gasteiger partial charge in [-0.15, -0.1) is 11.3 Å². The maximum atomic E-state index is 13.9. The van der Waals surface area contributed by atoms with Crippen molar-refractivity contribution in [2.24, 2.45) is 0 Å². The van der Waals surface area contributed by atoms with Gasteiger partial charge in [0.05, 0.1) is 18.3 Å². The molecule has 0 bridgehead atoms. The van der Waals surface area contributed by atoms with Crippen molar-refractivity contribution >= 4 is 17.4 Å². The van der Waals surface area contributed by atoms with E-state index in [1.165, 1.54) is 45.0 Å². The van der Waals surface area contributed by atoms with Crippen LogP contribution in [0.1, 0.15) is 62.8 Å². The molecule has 1 N–H and O–H groups in total. The van der Waals surface area contributed by atoms with Gasteiger partial charge in [-0.05, 0) is 68.4 Å². The molecule has 2 aromatic carbocycles. The Morgan fingerprint density at radius 2 is 1.80 bits per heavy atom. The second kappa shape index (κ2) is 9.04. The second-order valence-corrected chi connectivity index (χ2v) is 11.0. The Balaban J connectivity index is 1.43. The number of hydrogen-bond donors (Lipinski definition) is 1. The van der Waals surface area contributed by atoms with Gasteiger partial charge in [-0.3, -0.25) is 0 Å². The molecule has 4 nitrogen and oxygen atoms in total. The first-order valence-corrected chi connectivity index (χ1v) is 13.4. The zero-order valence-electron chi connectivity index (χ0n) is 20.4. The van der Waals surface area contributed by atoms with E-state index in [9.17, 15) is 4.79 Å². The number of carbonyl (C=O) groups excluding carboxylic acids is 1. The average molecular weight is 482 g/mol. The Hall–Kier alpha value is -3.31. The van der Waals surface area contributed by atoms with Gasteiger partial charge < -0.3 is 14.8 Å². The lowest BCUT2D eigenvalue weighted by Crippen LogP contribution is -2.41. The highest BCUT2D eigenvalue weighted by Gasteiger charge is 2.36. The summed E-state index contributed by atoms with van der Waals surface area (Å²) in [5, 5.41) is 4.53. The molecule has 0 saturated heterocycles. The van der Waals surface area contributed by atoms with E-state index in [0.29, 0.717) is 13.1 Å². The van der Waals surface area contributed by atoms with Crippen molar-refractivity contribution in [3.05, 3.63) is 111 Å². The van der Waals surface area contributed by atoms with E-state index in [0.717, 1.165) is 29.7 Å². The molecule has 0 saturated carbocycles. The first-order valence-electron chi connectivity index (χ1n) is 12.6. The van der Waals surface area contributed by atoms with Crippen molar-refractivity contribution in [1.82, 2.24) is 14.8 Å². The Kier molecular flexibility index (Phi) is 5.73. The summed E-state index contributed by atoms with van der Waals surface area (Å²) in [4.78, 5) is 17.5. The molecule has 1 aliphatic carbocycles. The number of nitrogens with one attached hydrogen (secondary N) is 1. The lowest BCUT2D eigenvalue weighted by atomic mass is 9.95. The van der Waals surface area contributed by atoms with Crippen molar-refractivity contribution in [1.29, 1.82) is 0 Å². The predicted octanol–water partition coefficient (Wildman–Crippen LogP) is 6.85. The number of rotatable bonds is 3. The van der Waals surface area contributed by atoms with Crippen LogP contribution in [0.3, 0.4) is 0 Å². The molecule has 0 spiro atoms. The summed E-state index contributed by atoms with van der Waals surface area (Å²) in [5.74, 6) is 0. The lowest BCUT2D eigenvalue weighted by molar-refractivity contribution is 0.180. The maximum absolute atomic E-state index is 13.9. The number of aryl methyl sites for hydroxylation is 3. The van der Waals surface area contributed by atoms with Crippen molar-refractivity contribution in [2.45, 2.75) is 58.7 Å². The molecule has 35 heavy (non-hydrogen) atoms. The third-order valence-electron chi connectivity index (χ3n) is 7.36. The van der Waals surface area contributed by atoms with Crippen molar-refractivity contribution < 1.29 is 4.79 Å². The number of amides is 2. The van der Waals surface area contributed by atoms with E-state index in [1.54, 1.807) is 0 Å². The smallest absolute Gasteiger partial charge is 0.318 e. The van der Waals surface area contributed by atoms with Crippen LogP contribution in [0.2, 0.25) is 0 Å². The third kappa shape index (κ3) is 4.08. The molecular formula is C30H31N3OS. The Morgan fingerprint density at radius 1 is 0.971 bits per heavy atom. The molecule has 0 radical (unpaired) electrons. The van der Waals surface area contributed by atoms with Gasteiger partial charge in [0.1, 0.15) is 5.00 Å². The van der Waals surface area contributed by atoms with E-state index in [1.807, 2.05) is 11.3 Å². The summed E-state index contributed by atoms with van der Waals surface area (Å²) < 4.78 is 2.35. The fraction of sp³-hybridized carbons (Fsp3) is 0.300. The number of aromatic nitrogens is 1. The van der Waals surface area contributed by atoms with Gasteiger partial charge in [0.2, 0.25) is 0 Å². The van der Waals surface area contributed by atoms with Crippen LogP contribution < -0.4 is 5.32 Å². The van der Waals surface area contributed by atoms with Crippen LogP contribution in [0.15, 0.2) is 66.9 Å². The second-order valence-electron chi connectivity index (χ2n) is 9.89. The minimum Gasteiger partial charge on any atom is -0.334 e. The minimum atomic E-state index is -0.151. The van der Waals surface area contributed by atoms with Gasteiger partial charge in [0.15, 0.2) is 0 Å². The Labute approximate surface area is 211 Å². The van der Waals surface area contributed by atoms with Crippen LogP contribution in [0.5, 0.6) is 0 Å². The Morgan fingerprint density at radius 3 is 2.63 bits per heavy atom. The SMILES string of the molecule is Cc1ccc(CNC(=O)N2Cc3c(sc4c3CCCC4)-n3cccc3C2c2cccc(C)c2)cc1. The van der Waals surface area contributed by atoms with Gasteiger partial charge in [0, 0.05) is 23.2 Å².